The molecule has 0 heterocycles. The van der Waals surface area contributed by atoms with Gasteiger partial charge in [0.2, 0.25) is 0 Å². The lowest BCUT2D eigenvalue weighted by atomic mass is 10.2. The predicted octanol–water partition coefficient (Wildman–Crippen LogP) is 1.08. The van der Waals surface area contributed by atoms with Crippen LogP contribution in [0, 0.1) is 0 Å². The molecule has 0 saturated carbocycles. The van der Waals surface area contributed by atoms with Crippen LogP contribution < -0.4 is 0 Å². The molecule has 0 radical (unpaired) electrons. The average Bonchev–Trinajstić information content (AvgIpc) is 1.96. The molecule has 4 nitrogen and oxygen atoms in total. The fourth-order valence-electron chi connectivity index (χ4n) is 0.844. The predicted molar refractivity (Wildman–Crippen MR) is 46.7 cm³/mol. The zero-order chi connectivity index (χ0) is 9.61. The first kappa shape index (κ1) is 11.9. The smallest absolute Gasteiger partial charge is 0.267 e. The Morgan fingerprint density at radius 1 is 1.33 bits per heavy atom. The van der Waals surface area contributed by atoms with Crippen LogP contribution >= 0.6 is 0 Å². The van der Waals surface area contributed by atoms with E-state index in [0.717, 1.165) is 12.8 Å². The average molecular weight is 196 g/mol. The third-order valence-electron chi connectivity index (χ3n) is 1.61. The Morgan fingerprint density at radius 2 is 1.83 bits per heavy atom. The summed E-state index contributed by atoms with van der Waals surface area (Å²) in [7, 11) is -3.86. The number of rotatable bonds is 6. The summed E-state index contributed by atoms with van der Waals surface area (Å²) in [6, 6.07) is 0. The first-order valence-electron chi connectivity index (χ1n) is 4.06. The summed E-state index contributed by atoms with van der Waals surface area (Å²) in [5.41, 5.74) is 0. The Balaban J connectivity index is 3.55. The van der Waals surface area contributed by atoms with Gasteiger partial charge in [-0.3, -0.25) is 4.55 Å². The van der Waals surface area contributed by atoms with E-state index in [2.05, 4.69) is 0 Å². The lowest BCUT2D eigenvalue weighted by Crippen LogP contribution is -2.17. The van der Waals surface area contributed by atoms with Crippen LogP contribution in [-0.2, 0) is 14.9 Å². The van der Waals surface area contributed by atoms with E-state index in [4.69, 9.17) is 9.29 Å². The van der Waals surface area contributed by atoms with Crippen LogP contribution in [0.15, 0.2) is 0 Å². The Hall–Kier alpha value is -0.130. The van der Waals surface area contributed by atoms with Crippen LogP contribution in [0.4, 0.5) is 0 Å². The van der Waals surface area contributed by atoms with Crippen molar-refractivity contribution in [1.29, 1.82) is 0 Å². The molecule has 1 N–H and O–H groups in total. The fourth-order valence-corrected chi connectivity index (χ4v) is 1.15. The van der Waals surface area contributed by atoms with Crippen molar-refractivity contribution < 1.29 is 17.7 Å². The van der Waals surface area contributed by atoms with Gasteiger partial charge < -0.3 is 4.74 Å². The Labute approximate surface area is 73.7 Å². The van der Waals surface area contributed by atoms with Crippen molar-refractivity contribution in [2.45, 2.75) is 32.8 Å². The molecule has 12 heavy (non-hydrogen) atoms. The van der Waals surface area contributed by atoms with Crippen molar-refractivity contribution in [2.75, 3.05) is 12.4 Å². The summed E-state index contributed by atoms with van der Waals surface area (Å²) in [5, 5.41) is 0. The van der Waals surface area contributed by atoms with E-state index >= 15 is 0 Å². The normalized spacial score (nSPS) is 12.3. The maximum absolute atomic E-state index is 10.3. The molecule has 0 saturated heterocycles. The van der Waals surface area contributed by atoms with E-state index in [1.165, 1.54) is 0 Å². The standard InChI is InChI=1S/C7H16O4S/c1-3-7(4-2)11-5-6-12(8,9)10/h7H,3-6H2,1-2H3,(H,8,9,10). The van der Waals surface area contributed by atoms with Gasteiger partial charge in [0.1, 0.15) is 0 Å². The first-order chi connectivity index (χ1) is 5.49. The zero-order valence-corrected chi connectivity index (χ0v) is 8.30. The van der Waals surface area contributed by atoms with Crippen LogP contribution in [0.1, 0.15) is 26.7 Å². The Bertz CT molecular complexity index is 193. The van der Waals surface area contributed by atoms with E-state index in [1.54, 1.807) is 0 Å². The SMILES string of the molecule is CCC(CC)OCCS(=O)(=O)O. The molecule has 0 bridgehead atoms. The molecule has 5 heteroatoms. The van der Waals surface area contributed by atoms with Crippen molar-refractivity contribution in [1.82, 2.24) is 0 Å². The third-order valence-corrected chi connectivity index (χ3v) is 2.29. The summed E-state index contributed by atoms with van der Waals surface area (Å²) >= 11 is 0. The highest BCUT2D eigenvalue weighted by Gasteiger charge is 2.07. The van der Waals surface area contributed by atoms with Gasteiger partial charge in [0.25, 0.3) is 10.1 Å². The van der Waals surface area contributed by atoms with E-state index in [1.807, 2.05) is 13.8 Å². The summed E-state index contributed by atoms with van der Waals surface area (Å²) in [4.78, 5) is 0. The maximum Gasteiger partial charge on any atom is 0.267 e. The Kier molecular flexibility index (Phi) is 5.44. The van der Waals surface area contributed by atoms with Crippen LogP contribution in [0.2, 0.25) is 0 Å². The molecule has 0 aliphatic rings. The van der Waals surface area contributed by atoms with Crippen molar-refractivity contribution in [2.24, 2.45) is 0 Å². The van der Waals surface area contributed by atoms with Crippen LogP contribution in [0.3, 0.4) is 0 Å². The minimum Gasteiger partial charge on any atom is -0.377 e. The van der Waals surface area contributed by atoms with Gasteiger partial charge in [-0.05, 0) is 12.8 Å². The Morgan fingerprint density at radius 3 is 2.17 bits per heavy atom. The highest BCUT2D eigenvalue weighted by molar-refractivity contribution is 7.85. The van der Waals surface area contributed by atoms with Crippen molar-refractivity contribution in [3.63, 3.8) is 0 Å². The lowest BCUT2D eigenvalue weighted by Gasteiger charge is -2.12. The summed E-state index contributed by atoms with van der Waals surface area (Å²) < 4.78 is 34.1. The molecule has 0 amide bonds. The van der Waals surface area contributed by atoms with Crippen LogP contribution in [0.5, 0.6) is 0 Å². The van der Waals surface area contributed by atoms with Gasteiger partial charge in [0, 0.05) is 0 Å². The van der Waals surface area contributed by atoms with Gasteiger partial charge in [-0.25, -0.2) is 0 Å². The van der Waals surface area contributed by atoms with Gasteiger partial charge in [-0.1, -0.05) is 13.8 Å². The second-order valence-corrected chi connectivity index (χ2v) is 4.17. The number of ether oxygens (including phenoxy) is 1. The molecule has 0 spiro atoms. The molecule has 0 aliphatic heterocycles. The van der Waals surface area contributed by atoms with Gasteiger partial charge in [-0.15, -0.1) is 0 Å². The van der Waals surface area contributed by atoms with Crippen molar-refractivity contribution >= 4 is 10.1 Å². The molecule has 74 valence electrons. The second kappa shape index (κ2) is 5.50. The fraction of sp³-hybridized carbons (Fsp3) is 1.00. The third kappa shape index (κ3) is 6.57. The minimum absolute atomic E-state index is 0.0746. The van der Waals surface area contributed by atoms with Crippen LogP contribution in [-0.4, -0.2) is 31.4 Å². The molecular weight excluding hydrogens is 180 g/mol. The zero-order valence-electron chi connectivity index (χ0n) is 7.49. The summed E-state index contributed by atoms with van der Waals surface area (Å²) in [5.74, 6) is -0.316. The van der Waals surface area contributed by atoms with Gasteiger partial charge in [-0.2, -0.15) is 8.42 Å². The minimum atomic E-state index is -3.86. The highest BCUT2D eigenvalue weighted by atomic mass is 32.2. The largest absolute Gasteiger partial charge is 0.377 e. The van der Waals surface area contributed by atoms with E-state index in [9.17, 15) is 8.42 Å². The lowest BCUT2D eigenvalue weighted by molar-refractivity contribution is 0.0584. The van der Waals surface area contributed by atoms with E-state index in [-0.39, 0.29) is 18.5 Å². The molecule has 0 aromatic carbocycles. The van der Waals surface area contributed by atoms with E-state index in [0.29, 0.717) is 0 Å². The van der Waals surface area contributed by atoms with E-state index < -0.39 is 10.1 Å². The van der Waals surface area contributed by atoms with Crippen molar-refractivity contribution in [3.8, 4) is 0 Å². The molecule has 0 aliphatic carbocycles. The molecule has 0 fully saturated rings. The van der Waals surface area contributed by atoms with Gasteiger partial charge in [0.15, 0.2) is 0 Å². The maximum atomic E-state index is 10.3. The molecule has 0 rings (SSSR count). The number of hydrogen-bond acceptors (Lipinski definition) is 3. The summed E-state index contributed by atoms with van der Waals surface area (Å²) in [6.07, 6.45) is 1.83. The quantitative estimate of drug-likeness (QED) is 0.646. The van der Waals surface area contributed by atoms with Gasteiger partial charge >= 0.3 is 0 Å². The number of hydrogen-bond donors (Lipinski definition) is 1. The van der Waals surface area contributed by atoms with Crippen LogP contribution in [0.25, 0.3) is 0 Å². The van der Waals surface area contributed by atoms with Crippen molar-refractivity contribution in [3.05, 3.63) is 0 Å². The molecule has 0 aromatic heterocycles. The topological polar surface area (TPSA) is 63.6 Å². The highest BCUT2D eigenvalue weighted by Crippen LogP contribution is 2.02. The van der Waals surface area contributed by atoms with Gasteiger partial charge in [0.05, 0.1) is 18.5 Å². The molecule has 0 unspecified atom stereocenters. The monoisotopic (exact) mass is 196 g/mol. The second-order valence-electron chi connectivity index (χ2n) is 2.60. The summed E-state index contributed by atoms with van der Waals surface area (Å²) in [6.45, 7) is 4.02. The molecular formula is C7H16O4S. The first-order valence-corrected chi connectivity index (χ1v) is 5.67. The molecule has 0 aromatic rings. The molecule has 0 atom stereocenters.